The molecule has 26 heavy (non-hydrogen) atoms. The standard InChI is InChI=1S/C19H25N5O2/c1-23(2)19-20-7-5-18(22-19)21-15-6-8-24(13-15)12-14-3-4-16-17(11-14)26-10-9-25-16/h3-5,7,11,15H,6,8-10,12-13H2,1-2H3,(H,20,21,22). The summed E-state index contributed by atoms with van der Waals surface area (Å²) >= 11 is 0. The van der Waals surface area contributed by atoms with Crippen LogP contribution in [-0.4, -0.2) is 61.3 Å². The van der Waals surface area contributed by atoms with E-state index in [4.69, 9.17) is 9.47 Å². The third-order valence-corrected chi connectivity index (χ3v) is 4.68. The minimum absolute atomic E-state index is 0.400. The van der Waals surface area contributed by atoms with Gasteiger partial charge in [-0.2, -0.15) is 4.98 Å². The van der Waals surface area contributed by atoms with Crippen molar-refractivity contribution in [1.82, 2.24) is 14.9 Å². The summed E-state index contributed by atoms with van der Waals surface area (Å²) in [7, 11) is 3.90. The molecule has 7 nitrogen and oxygen atoms in total. The van der Waals surface area contributed by atoms with Crippen molar-refractivity contribution in [3.63, 3.8) is 0 Å². The largest absolute Gasteiger partial charge is 0.486 e. The highest BCUT2D eigenvalue weighted by molar-refractivity contribution is 5.44. The number of hydrogen-bond donors (Lipinski definition) is 1. The summed E-state index contributed by atoms with van der Waals surface area (Å²) in [6.45, 7) is 4.24. The lowest BCUT2D eigenvalue weighted by molar-refractivity contribution is 0.171. The average molecular weight is 355 g/mol. The minimum atomic E-state index is 0.400. The van der Waals surface area contributed by atoms with Crippen LogP contribution in [-0.2, 0) is 6.54 Å². The highest BCUT2D eigenvalue weighted by Gasteiger charge is 2.23. The molecule has 2 aliphatic heterocycles. The maximum Gasteiger partial charge on any atom is 0.226 e. The van der Waals surface area contributed by atoms with E-state index in [1.807, 2.05) is 31.1 Å². The van der Waals surface area contributed by atoms with E-state index in [1.165, 1.54) is 5.56 Å². The molecule has 0 bridgehead atoms. The Hall–Kier alpha value is -2.54. The summed E-state index contributed by atoms with van der Waals surface area (Å²) in [6.07, 6.45) is 2.90. The van der Waals surface area contributed by atoms with Gasteiger partial charge in [-0.1, -0.05) is 6.07 Å². The smallest absolute Gasteiger partial charge is 0.226 e. The Morgan fingerprint density at radius 2 is 2.04 bits per heavy atom. The van der Waals surface area contributed by atoms with Crippen LogP contribution in [0.15, 0.2) is 30.5 Å². The number of likely N-dealkylation sites (tertiary alicyclic amines) is 1. The molecule has 0 saturated carbocycles. The first kappa shape index (κ1) is 16.9. The summed E-state index contributed by atoms with van der Waals surface area (Å²) in [4.78, 5) is 13.2. The van der Waals surface area contributed by atoms with Gasteiger partial charge in [-0.3, -0.25) is 4.90 Å². The molecule has 1 aromatic carbocycles. The lowest BCUT2D eigenvalue weighted by Crippen LogP contribution is -2.26. The molecular formula is C19H25N5O2. The average Bonchev–Trinajstić information content (AvgIpc) is 3.08. The van der Waals surface area contributed by atoms with Crippen LogP contribution in [0.25, 0.3) is 0 Å². The van der Waals surface area contributed by atoms with Gasteiger partial charge in [-0.25, -0.2) is 4.98 Å². The fraction of sp³-hybridized carbons (Fsp3) is 0.474. The number of ether oxygens (including phenoxy) is 2. The van der Waals surface area contributed by atoms with Gasteiger partial charge in [-0.15, -0.1) is 0 Å². The van der Waals surface area contributed by atoms with Gasteiger partial charge in [0.25, 0.3) is 0 Å². The Kier molecular flexibility index (Phi) is 4.79. The maximum absolute atomic E-state index is 5.69. The molecule has 1 atom stereocenters. The molecule has 2 aromatic rings. The monoisotopic (exact) mass is 355 g/mol. The minimum Gasteiger partial charge on any atom is -0.486 e. The van der Waals surface area contributed by atoms with Crippen molar-refractivity contribution in [1.29, 1.82) is 0 Å². The van der Waals surface area contributed by atoms with Gasteiger partial charge in [0.1, 0.15) is 19.0 Å². The molecule has 1 saturated heterocycles. The first-order chi connectivity index (χ1) is 12.7. The van der Waals surface area contributed by atoms with Crippen molar-refractivity contribution in [2.75, 3.05) is 50.6 Å². The van der Waals surface area contributed by atoms with Crippen LogP contribution in [0.1, 0.15) is 12.0 Å². The van der Waals surface area contributed by atoms with Gasteiger partial charge in [0.2, 0.25) is 5.95 Å². The zero-order valence-corrected chi connectivity index (χ0v) is 15.3. The molecular weight excluding hydrogens is 330 g/mol. The van der Waals surface area contributed by atoms with Crippen molar-refractivity contribution in [3.05, 3.63) is 36.0 Å². The fourth-order valence-corrected chi connectivity index (χ4v) is 3.39. The van der Waals surface area contributed by atoms with Gasteiger partial charge in [-0.05, 0) is 30.2 Å². The molecule has 138 valence electrons. The number of aromatic nitrogens is 2. The Morgan fingerprint density at radius 3 is 2.88 bits per heavy atom. The Bertz CT molecular complexity index is 767. The second-order valence-corrected chi connectivity index (χ2v) is 6.98. The van der Waals surface area contributed by atoms with E-state index < -0.39 is 0 Å². The van der Waals surface area contributed by atoms with Crippen molar-refractivity contribution in [2.24, 2.45) is 0 Å². The van der Waals surface area contributed by atoms with Gasteiger partial charge in [0.05, 0.1) is 0 Å². The molecule has 0 radical (unpaired) electrons. The Labute approximate surface area is 153 Å². The molecule has 1 fully saturated rings. The highest BCUT2D eigenvalue weighted by atomic mass is 16.6. The third kappa shape index (κ3) is 3.83. The SMILES string of the molecule is CN(C)c1nccc(NC2CCN(Cc3ccc4c(c3)OCCO4)C2)n1. The summed E-state index contributed by atoms with van der Waals surface area (Å²) in [5, 5.41) is 3.54. The summed E-state index contributed by atoms with van der Waals surface area (Å²) in [5.41, 5.74) is 1.26. The maximum atomic E-state index is 5.69. The van der Waals surface area contributed by atoms with Crippen LogP contribution in [0.3, 0.4) is 0 Å². The number of nitrogens with one attached hydrogen (secondary N) is 1. The number of nitrogens with zero attached hydrogens (tertiary/aromatic N) is 4. The number of hydrogen-bond acceptors (Lipinski definition) is 7. The van der Waals surface area contributed by atoms with Gasteiger partial charge >= 0.3 is 0 Å². The normalized spacial score (nSPS) is 19.4. The molecule has 0 amide bonds. The fourth-order valence-electron chi connectivity index (χ4n) is 3.39. The highest BCUT2D eigenvalue weighted by Crippen LogP contribution is 2.31. The van der Waals surface area contributed by atoms with Crippen LogP contribution >= 0.6 is 0 Å². The van der Waals surface area contributed by atoms with Crippen molar-refractivity contribution in [3.8, 4) is 11.5 Å². The molecule has 1 aromatic heterocycles. The van der Waals surface area contributed by atoms with Crippen LogP contribution < -0.4 is 19.7 Å². The molecule has 1 unspecified atom stereocenters. The summed E-state index contributed by atoms with van der Waals surface area (Å²) in [6, 6.07) is 8.57. The van der Waals surface area contributed by atoms with Crippen molar-refractivity contribution < 1.29 is 9.47 Å². The predicted octanol–water partition coefficient (Wildman–Crippen LogP) is 2.00. The number of fused-ring (bicyclic) bond motifs is 1. The molecule has 1 N–H and O–H groups in total. The number of anilines is 2. The number of benzene rings is 1. The van der Waals surface area contributed by atoms with E-state index in [0.717, 1.165) is 49.3 Å². The van der Waals surface area contributed by atoms with E-state index >= 15 is 0 Å². The molecule has 7 heteroatoms. The Morgan fingerprint density at radius 1 is 1.19 bits per heavy atom. The molecule has 3 heterocycles. The van der Waals surface area contributed by atoms with Gasteiger partial charge in [0, 0.05) is 46.0 Å². The first-order valence-electron chi connectivity index (χ1n) is 9.05. The van der Waals surface area contributed by atoms with Gasteiger partial charge < -0.3 is 19.7 Å². The predicted molar refractivity (Wildman–Crippen MR) is 101 cm³/mol. The zero-order valence-electron chi connectivity index (χ0n) is 15.3. The summed E-state index contributed by atoms with van der Waals surface area (Å²) < 4.78 is 11.3. The second kappa shape index (κ2) is 7.37. The van der Waals surface area contributed by atoms with Crippen LogP contribution in [0, 0.1) is 0 Å². The first-order valence-corrected chi connectivity index (χ1v) is 9.05. The van der Waals surface area contributed by atoms with E-state index in [2.05, 4.69) is 32.3 Å². The van der Waals surface area contributed by atoms with E-state index in [1.54, 1.807) is 6.20 Å². The van der Waals surface area contributed by atoms with E-state index in [0.29, 0.717) is 19.3 Å². The van der Waals surface area contributed by atoms with Crippen molar-refractivity contribution >= 4 is 11.8 Å². The van der Waals surface area contributed by atoms with E-state index in [9.17, 15) is 0 Å². The zero-order chi connectivity index (χ0) is 17.9. The quantitative estimate of drug-likeness (QED) is 0.880. The van der Waals surface area contributed by atoms with Crippen LogP contribution in [0.5, 0.6) is 11.5 Å². The van der Waals surface area contributed by atoms with Crippen molar-refractivity contribution in [2.45, 2.75) is 19.0 Å². The lowest BCUT2D eigenvalue weighted by Gasteiger charge is -2.21. The molecule has 2 aliphatic rings. The number of rotatable bonds is 5. The topological polar surface area (TPSA) is 62.8 Å². The third-order valence-electron chi connectivity index (χ3n) is 4.68. The lowest BCUT2D eigenvalue weighted by atomic mass is 10.2. The second-order valence-electron chi connectivity index (χ2n) is 6.98. The molecule has 0 aliphatic carbocycles. The van der Waals surface area contributed by atoms with Gasteiger partial charge in [0.15, 0.2) is 11.5 Å². The Balaban J connectivity index is 1.34. The summed E-state index contributed by atoms with van der Waals surface area (Å²) in [5.74, 6) is 3.32. The van der Waals surface area contributed by atoms with Crippen LogP contribution in [0.4, 0.5) is 11.8 Å². The van der Waals surface area contributed by atoms with Crippen LogP contribution in [0.2, 0.25) is 0 Å². The molecule has 4 rings (SSSR count). The van der Waals surface area contributed by atoms with E-state index in [-0.39, 0.29) is 0 Å². The molecule has 0 spiro atoms.